The number of aryl methyl sites for hydroxylation is 1. The van der Waals surface area contributed by atoms with Crippen LogP contribution in [-0.2, 0) is 7.05 Å². The van der Waals surface area contributed by atoms with E-state index in [2.05, 4.69) is 14.9 Å². The Morgan fingerprint density at radius 2 is 2.03 bits per heavy atom. The minimum absolute atomic E-state index is 0.0716. The van der Waals surface area contributed by atoms with E-state index in [0.29, 0.717) is 43.6 Å². The normalized spacial score (nSPS) is 17.2. The molecule has 0 radical (unpaired) electrons. The average molecular weight is 466 g/mol. The van der Waals surface area contributed by atoms with Crippen LogP contribution in [-0.4, -0.2) is 71.9 Å². The molecule has 0 bridgehead atoms. The molecule has 0 unspecified atom stereocenters. The first kappa shape index (κ1) is 21.9. The second-order valence-corrected chi connectivity index (χ2v) is 8.24. The van der Waals surface area contributed by atoms with Crippen molar-refractivity contribution in [2.24, 2.45) is 7.05 Å². The molecule has 34 heavy (non-hydrogen) atoms. The number of pyridine rings is 1. The number of hydrogen-bond acceptors (Lipinski definition) is 8. The number of nitrogens with zero attached hydrogens (tertiary/aromatic N) is 5. The molecule has 0 saturated carbocycles. The Labute approximate surface area is 197 Å². The zero-order valence-corrected chi connectivity index (χ0v) is 19.4. The van der Waals surface area contributed by atoms with Gasteiger partial charge in [-0.1, -0.05) is 0 Å². The standard InChI is InChI=1S/C24H27N5O5/c1-27-14-19(26-15-27)24(30)28-7-6-18(13-28)34-17-4-5-21-20(11-17)29(8-9-33-21)16-10-22(31-2)23(32-3)25-12-16/h4-5,10-12,14-15,18H,6-9,13H2,1-3H3/t18-/m0/s1. The highest BCUT2D eigenvalue weighted by Crippen LogP contribution is 2.41. The van der Waals surface area contributed by atoms with E-state index in [0.717, 1.165) is 29.3 Å². The lowest BCUT2D eigenvalue weighted by molar-refractivity contribution is 0.0767. The van der Waals surface area contributed by atoms with Crippen molar-refractivity contribution >= 4 is 17.3 Å². The number of methoxy groups -OCH3 is 2. The molecule has 0 spiro atoms. The summed E-state index contributed by atoms with van der Waals surface area (Å²) in [7, 11) is 5.00. The molecular weight excluding hydrogens is 438 g/mol. The fourth-order valence-electron chi connectivity index (χ4n) is 4.29. The Morgan fingerprint density at radius 3 is 2.79 bits per heavy atom. The van der Waals surface area contributed by atoms with Crippen molar-refractivity contribution in [3.8, 4) is 23.1 Å². The van der Waals surface area contributed by atoms with Gasteiger partial charge >= 0.3 is 0 Å². The van der Waals surface area contributed by atoms with E-state index in [9.17, 15) is 4.79 Å². The van der Waals surface area contributed by atoms with E-state index in [1.165, 1.54) is 0 Å². The van der Waals surface area contributed by atoms with Gasteiger partial charge in [0.2, 0.25) is 0 Å². The maximum absolute atomic E-state index is 12.7. The molecule has 0 aliphatic carbocycles. The van der Waals surface area contributed by atoms with Crippen LogP contribution < -0.4 is 23.8 Å². The molecule has 10 nitrogen and oxygen atoms in total. The minimum Gasteiger partial charge on any atom is -0.491 e. The van der Waals surface area contributed by atoms with Crippen molar-refractivity contribution < 1.29 is 23.7 Å². The number of imidazole rings is 1. The minimum atomic E-state index is -0.0913. The third-order valence-electron chi connectivity index (χ3n) is 5.98. The zero-order chi connectivity index (χ0) is 23.7. The molecule has 3 aromatic rings. The van der Waals surface area contributed by atoms with Gasteiger partial charge in [0, 0.05) is 38.3 Å². The molecule has 1 amide bonds. The molecule has 2 aliphatic rings. The van der Waals surface area contributed by atoms with Crippen LogP contribution in [0.5, 0.6) is 23.1 Å². The fourth-order valence-corrected chi connectivity index (χ4v) is 4.29. The summed E-state index contributed by atoms with van der Waals surface area (Å²) < 4.78 is 24.6. The maximum Gasteiger partial charge on any atom is 0.274 e. The Bertz CT molecular complexity index is 1200. The van der Waals surface area contributed by atoms with Gasteiger partial charge in [-0.3, -0.25) is 4.79 Å². The van der Waals surface area contributed by atoms with E-state index in [-0.39, 0.29) is 12.0 Å². The molecule has 2 aromatic heterocycles. The predicted octanol–water partition coefficient (Wildman–Crippen LogP) is 2.66. The van der Waals surface area contributed by atoms with E-state index >= 15 is 0 Å². The van der Waals surface area contributed by atoms with Crippen molar-refractivity contribution in [2.75, 3.05) is 45.4 Å². The van der Waals surface area contributed by atoms with E-state index in [4.69, 9.17) is 18.9 Å². The topological polar surface area (TPSA) is 91.2 Å². The van der Waals surface area contributed by atoms with E-state index in [1.54, 1.807) is 42.4 Å². The molecule has 1 fully saturated rings. The number of carbonyl (C=O) groups is 1. The Hall–Kier alpha value is -3.95. The number of hydrogen-bond donors (Lipinski definition) is 0. The SMILES string of the molecule is COc1cc(N2CCOc3ccc(O[C@H]4CCN(C(=O)c5cn(C)cn5)C4)cc32)cnc1OC. The fraction of sp³-hybridized carbons (Fsp3) is 0.375. The van der Waals surface area contributed by atoms with Crippen LogP contribution in [0.4, 0.5) is 11.4 Å². The molecule has 0 N–H and O–H groups in total. The van der Waals surface area contributed by atoms with Gasteiger partial charge in [-0.25, -0.2) is 9.97 Å². The van der Waals surface area contributed by atoms with Crippen molar-refractivity contribution in [3.05, 3.63) is 48.7 Å². The van der Waals surface area contributed by atoms with Gasteiger partial charge in [0.05, 0.1) is 51.2 Å². The lowest BCUT2D eigenvalue weighted by Crippen LogP contribution is -2.31. The Morgan fingerprint density at radius 1 is 1.15 bits per heavy atom. The quantitative estimate of drug-likeness (QED) is 0.549. The van der Waals surface area contributed by atoms with Crippen LogP contribution in [0.1, 0.15) is 16.9 Å². The molecular formula is C24H27N5O5. The van der Waals surface area contributed by atoms with E-state index in [1.807, 2.05) is 31.3 Å². The Balaban J connectivity index is 1.32. The molecule has 1 aromatic carbocycles. The smallest absolute Gasteiger partial charge is 0.274 e. The van der Waals surface area contributed by atoms with Gasteiger partial charge in [0.15, 0.2) is 5.75 Å². The van der Waals surface area contributed by atoms with Gasteiger partial charge in [0.1, 0.15) is 29.9 Å². The number of benzene rings is 1. The Kier molecular flexibility index (Phi) is 5.87. The molecule has 1 saturated heterocycles. The average Bonchev–Trinajstić information content (AvgIpc) is 3.52. The number of amides is 1. The highest BCUT2D eigenvalue weighted by molar-refractivity contribution is 5.92. The lowest BCUT2D eigenvalue weighted by atomic mass is 10.2. The van der Waals surface area contributed by atoms with Crippen LogP contribution in [0.3, 0.4) is 0 Å². The molecule has 4 heterocycles. The number of aromatic nitrogens is 3. The first-order valence-corrected chi connectivity index (χ1v) is 11.1. The maximum atomic E-state index is 12.7. The summed E-state index contributed by atoms with van der Waals surface area (Å²) in [6, 6.07) is 7.68. The summed E-state index contributed by atoms with van der Waals surface area (Å²) in [5.41, 5.74) is 2.21. The number of fused-ring (bicyclic) bond motifs is 1. The van der Waals surface area contributed by atoms with Crippen LogP contribution in [0.2, 0.25) is 0 Å². The summed E-state index contributed by atoms with van der Waals surface area (Å²) in [5.74, 6) is 2.41. The van der Waals surface area contributed by atoms with Gasteiger partial charge in [-0.15, -0.1) is 0 Å². The van der Waals surface area contributed by atoms with Crippen LogP contribution in [0.15, 0.2) is 43.0 Å². The summed E-state index contributed by atoms with van der Waals surface area (Å²) >= 11 is 0. The number of ether oxygens (including phenoxy) is 4. The predicted molar refractivity (Wildman–Crippen MR) is 124 cm³/mol. The summed E-state index contributed by atoms with van der Waals surface area (Å²) in [4.78, 5) is 25.1. The number of rotatable bonds is 6. The largest absolute Gasteiger partial charge is 0.491 e. The van der Waals surface area contributed by atoms with Crippen LogP contribution in [0.25, 0.3) is 0 Å². The molecule has 178 valence electrons. The second kappa shape index (κ2) is 9.12. The second-order valence-electron chi connectivity index (χ2n) is 8.24. The number of likely N-dealkylation sites (tertiary alicyclic amines) is 1. The third-order valence-corrected chi connectivity index (χ3v) is 5.98. The molecule has 10 heteroatoms. The first-order chi connectivity index (χ1) is 16.6. The van der Waals surface area contributed by atoms with Gasteiger partial charge < -0.3 is 33.3 Å². The lowest BCUT2D eigenvalue weighted by Gasteiger charge is -2.31. The van der Waals surface area contributed by atoms with Crippen molar-refractivity contribution in [3.63, 3.8) is 0 Å². The summed E-state index contributed by atoms with van der Waals surface area (Å²) in [6.45, 7) is 2.36. The van der Waals surface area contributed by atoms with Crippen molar-refractivity contribution in [2.45, 2.75) is 12.5 Å². The highest BCUT2D eigenvalue weighted by atomic mass is 16.5. The third kappa shape index (κ3) is 4.18. The molecule has 5 rings (SSSR count). The summed E-state index contributed by atoms with van der Waals surface area (Å²) in [6.07, 6.45) is 5.78. The van der Waals surface area contributed by atoms with Crippen molar-refractivity contribution in [1.82, 2.24) is 19.4 Å². The highest BCUT2D eigenvalue weighted by Gasteiger charge is 2.30. The van der Waals surface area contributed by atoms with Crippen LogP contribution >= 0.6 is 0 Å². The van der Waals surface area contributed by atoms with Crippen molar-refractivity contribution in [1.29, 1.82) is 0 Å². The molecule has 2 aliphatic heterocycles. The number of carbonyl (C=O) groups excluding carboxylic acids is 1. The zero-order valence-electron chi connectivity index (χ0n) is 19.4. The van der Waals surface area contributed by atoms with E-state index < -0.39 is 0 Å². The monoisotopic (exact) mass is 465 g/mol. The number of anilines is 2. The van der Waals surface area contributed by atoms with Gasteiger partial charge in [0.25, 0.3) is 11.8 Å². The van der Waals surface area contributed by atoms with Gasteiger partial charge in [-0.2, -0.15) is 0 Å². The van der Waals surface area contributed by atoms with Crippen LogP contribution in [0, 0.1) is 0 Å². The summed E-state index contributed by atoms with van der Waals surface area (Å²) in [5, 5.41) is 0. The van der Waals surface area contributed by atoms with Gasteiger partial charge in [-0.05, 0) is 12.1 Å². The first-order valence-electron chi connectivity index (χ1n) is 11.1. The molecule has 1 atom stereocenters.